The number of non-ortho nitro benzene ring substituents is 1. The first-order valence-electron chi connectivity index (χ1n) is 11.1. The maximum Gasteiger partial charge on any atom is 0.269 e. The highest BCUT2D eigenvalue weighted by molar-refractivity contribution is 8.00. The van der Waals surface area contributed by atoms with E-state index in [0.29, 0.717) is 16.6 Å². The van der Waals surface area contributed by atoms with E-state index in [1.54, 1.807) is 35.2 Å². The molecule has 0 unspecified atom stereocenters. The van der Waals surface area contributed by atoms with Crippen molar-refractivity contribution in [2.75, 3.05) is 11.1 Å². The summed E-state index contributed by atoms with van der Waals surface area (Å²) in [6.07, 6.45) is 0. The molecule has 0 bridgehead atoms. The number of benzene rings is 3. The van der Waals surface area contributed by atoms with E-state index in [9.17, 15) is 14.9 Å². The van der Waals surface area contributed by atoms with Crippen LogP contribution in [0.1, 0.15) is 5.56 Å². The zero-order valence-corrected chi connectivity index (χ0v) is 22.0. The molecule has 1 amide bonds. The number of hydrogen-bond donors (Lipinski definition) is 1. The molecule has 186 valence electrons. The van der Waals surface area contributed by atoms with Crippen LogP contribution >= 0.6 is 34.9 Å². The zero-order chi connectivity index (χ0) is 25.8. The smallest absolute Gasteiger partial charge is 0.269 e. The lowest BCUT2D eigenvalue weighted by Gasteiger charge is -2.06. The van der Waals surface area contributed by atoms with Gasteiger partial charge in [-0.1, -0.05) is 66.0 Å². The molecule has 0 saturated heterocycles. The molecule has 5 rings (SSSR count). The van der Waals surface area contributed by atoms with Gasteiger partial charge in [0.1, 0.15) is 0 Å². The summed E-state index contributed by atoms with van der Waals surface area (Å²) in [7, 11) is 1.89. The molecule has 0 radical (unpaired) electrons. The molecule has 0 atom stereocenters. The molecule has 0 spiro atoms. The number of nitro benzene ring substituents is 1. The Morgan fingerprint density at radius 2 is 1.84 bits per heavy atom. The molecule has 5 aromatic rings. The van der Waals surface area contributed by atoms with E-state index in [1.807, 2.05) is 60.1 Å². The van der Waals surface area contributed by atoms with Crippen LogP contribution in [0.2, 0.25) is 0 Å². The number of nitrogens with zero attached hydrogens (tertiary/aromatic N) is 5. The van der Waals surface area contributed by atoms with Crippen molar-refractivity contribution in [2.24, 2.45) is 7.05 Å². The standard InChI is InChI=1S/C25H20N6O3S3/c1-30-23(17-5-3-2-4-6-17)28-29-24(30)35-15-22(32)26-18-9-12-20-21(13-18)37-25(27-20)36-14-16-7-10-19(11-8-16)31(33)34/h2-13H,14-15H2,1H3,(H,26,32). The van der Waals surface area contributed by atoms with E-state index in [1.165, 1.54) is 23.9 Å². The maximum absolute atomic E-state index is 12.6. The molecule has 3 aromatic carbocycles. The second-order valence-electron chi connectivity index (χ2n) is 7.94. The van der Waals surface area contributed by atoms with Gasteiger partial charge in [-0.2, -0.15) is 0 Å². The van der Waals surface area contributed by atoms with E-state index < -0.39 is 4.92 Å². The number of anilines is 1. The zero-order valence-electron chi connectivity index (χ0n) is 19.5. The summed E-state index contributed by atoms with van der Waals surface area (Å²) in [6.45, 7) is 0. The van der Waals surface area contributed by atoms with Crippen molar-refractivity contribution < 1.29 is 9.72 Å². The molecular formula is C25H20N6O3S3. The summed E-state index contributed by atoms with van der Waals surface area (Å²) in [5.41, 5.74) is 3.60. The lowest BCUT2D eigenvalue weighted by atomic mass is 10.2. The van der Waals surface area contributed by atoms with Crippen LogP contribution in [0.25, 0.3) is 21.6 Å². The number of carbonyl (C=O) groups is 1. The Bertz CT molecular complexity index is 1570. The lowest BCUT2D eigenvalue weighted by molar-refractivity contribution is -0.384. The highest BCUT2D eigenvalue weighted by atomic mass is 32.2. The van der Waals surface area contributed by atoms with Crippen LogP contribution in [0.4, 0.5) is 11.4 Å². The molecular weight excluding hydrogens is 529 g/mol. The van der Waals surface area contributed by atoms with Gasteiger partial charge in [-0.15, -0.1) is 21.5 Å². The topological polar surface area (TPSA) is 116 Å². The van der Waals surface area contributed by atoms with E-state index in [0.717, 1.165) is 31.5 Å². The van der Waals surface area contributed by atoms with E-state index >= 15 is 0 Å². The van der Waals surface area contributed by atoms with Crippen LogP contribution in [0.5, 0.6) is 0 Å². The first-order valence-corrected chi connectivity index (χ1v) is 13.9. The molecule has 0 aliphatic carbocycles. The van der Waals surface area contributed by atoms with Crippen LogP contribution in [0.15, 0.2) is 82.3 Å². The average molecular weight is 549 g/mol. The summed E-state index contributed by atoms with van der Waals surface area (Å²) in [5.74, 6) is 1.48. The van der Waals surface area contributed by atoms with Gasteiger partial charge in [0.25, 0.3) is 5.69 Å². The van der Waals surface area contributed by atoms with Crippen molar-refractivity contribution in [3.8, 4) is 11.4 Å². The minimum absolute atomic E-state index is 0.0789. The Hall–Kier alpha value is -3.74. The van der Waals surface area contributed by atoms with Gasteiger partial charge in [0, 0.05) is 36.2 Å². The number of carbonyl (C=O) groups excluding carboxylic acids is 1. The number of fused-ring (bicyclic) bond motifs is 1. The largest absolute Gasteiger partial charge is 0.325 e. The van der Waals surface area contributed by atoms with Gasteiger partial charge in [-0.25, -0.2) is 4.98 Å². The minimum atomic E-state index is -0.406. The Kier molecular flexibility index (Phi) is 7.49. The minimum Gasteiger partial charge on any atom is -0.325 e. The van der Waals surface area contributed by atoms with Gasteiger partial charge >= 0.3 is 0 Å². The molecule has 0 saturated carbocycles. The second-order valence-corrected chi connectivity index (χ2v) is 11.1. The number of thioether (sulfide) groups is 2. The van der Waals surface area contributed by atoms with Crippen molar-refractivity contribution in [1.29, 1.82) is 0 Å². The van der Waals surface area contributed by atoms with Gasteiger partial charge in [-0.3, -0.25) is 14.9 Å². The third-order valence-electron chi connectivity index (χ3n) is 5.36. The van der Waals surface area contributed by atoms with Crippen molar-refractivity contribution in [1.82, 2.24) is 19.7 Å². The molecule has 9 nitrogen and oxygen atoms in total. The highest BCUT2D eigenvalue weighted by Crippen LogP contribution is 2.33. The number of nitrogens with one attached hydrogen (secondary N) is 1. The molecule has 1 N–H and O–H groups in total. The predicted octanol–water partition coefficient (Wildman–Crippen LogP) is 6.02. The first-order chi connectivity index (χ1) is 18.0. The van der Waals surface area contributed by atoms with Crippen molar-refractivity contribution >= 4 is 62.4 Å². The Labute approximate surface area is 224 Å². The van der Waals surface area contributed by atoms with Crippen LogP contribution in [0, 0.1) is 10.1 Å². The molecule has 2 heterocycles. The molecule has 12 heteroatoms. The highest BCUT2D eigenvalue weighted by Gasteiger charge is 2.14. The number of aromatic nitrogens is 4. The number of amides is 1. The third kappa shape index (κ3) is 5.98. The maximum atomic E-state index is 12.6. The Balaban J connectivity index is 1.17. The van der Waals surface area contributed by atoms with Crippen molar-refractivity contribution in [3.63, 3.8) is 0 Å². The van der Waals surface area contributed by atoms with Gasteiger partial charge in [0.2, 0.25) is 5.91 Å². The van der Waals surface area contributed by atoms with Gasteiger partial charge in [0.05, 0.1) is 20.9 Å². The summed E-state index contributed by atoms with van der Waals surface area (Å²) >= 11 is 4.45. The second kappa shape index (κ2) is 11.1. The van der Waals surface area contributed by atoms with Crippen LogP contribution in [0.3, 0.4) is 0 Å². The summed E-state index contributed by atoms with van der Waals surface area (Å²) in [5, 5.41) is 22.9. The van der Waals surface area contributed by atoms with Crippen molar-refractivity contribution in [2.45, 2.75) is 15.2 Å². The molecule has 0 fully saturated rings. The SMILES string of the molecule is Cn1c(SCC(=O)Nc2ccc3nc(SCc4ccc([N+](=O)[O-])cc4)sc3c2)nnc1-c1ccccc1. The Morgan fingerprint density at radius 3 is 2.59 bits per heavy atom. The quantitative estimate of drug-likeness (QED) is 0.135. The predicted molar refractivity (Wildman–Crippen MR) is 148 cm³/mol. The monoisotopic (exact) mass is 548 g/mol. The summed E-state index contributed by atoms with van der Waals surface area (Å²) in [6, 6.07) is 22.0. The summed E-state index contributed by atoms with van der Waals surface area (Å²) < 4.78 is 3.74. The number of nitro groups is 1. The Morgan fingerprint density at radius 1 is 1.05 bits per heavy atom. The lowest BCUT2D eigenvalue weighted by Crippen LogP contribution is -2.14. The van der Waals surface area contributed by atoms with Crippen LogP contribution < -0.4 is 5.32 Å². The fourth-order valence-corrected chi connectivity index (χ4v) is 6.28. The third-order valence-corrected chi connectivity index (χ3v) is 8.61. The fraction of sp³-hybridized carbons (Fsp3) is 0.120. The molecule has 0 aliphatic heterocycles. The normalized spacial score (nSPS) is 11.1. The van der Waals surface area contributed by atoms with E-state index in [2.05, 4.69) is 20.5 Å². The van der Waals surface area contributed by atoms with Gasteiger partial charge in [-0.05, 0) is 23.8 Å². The first kappa shape index (κ1) is 24.9. The average Bonchev–Trinajstić information content (AvgIpc) is 3.49. The molecule has 37 heavy (non-hydrogen) atoms. The van der Waals surface area contributed by atoms with Gasteiger partial charge in [0.15, 0.2) is 15.3 Å². The molecule has 2 aromatic heterocycles. The fourth-order valence-electron chi connectivity index (χ4n) is 3.51. The van der Waals surface area contributed by atoms with Gasteiger partial charge < -0.3 is 9.88 Å². The number of hydrogen-bond acceptors (Lipinski definition) is 9. The van der Waals surface area contributed by atoms with E-state index in [4.69, 9.17) is 0 Å². The summed E-state index contributed by atoms with van der Waals surface area (Å²) in [4.78, 5) is 27.6. The number of rotatable bonds is 9. The van der Waals surface area contributed by atoms with Crippen LogP contribution in [-0.4, -0.2) is 36.3 Å². The van der Waals surface area contributed by atoms with Crippen molar-refractivity contribution in [3.05, 3.63) is 88.5 Å². The van der Waals surface area contributed by atoms with Crippen LogP contribution in [-0.2, 0) is 17.6 Å². The molecule has 0 aliphatic rings. The number of thiazole rings is 1. The van der Waals surface area contributed by atoms with E-state index in [-0.39, 0.29) is 17.3 Å².